The number of methoxy groups -OCH3 is 1. The standard InChI is InChI=1S/C23H26F4N2O3/c1-5-29(3)14-28-20-10-21(30-4)19(6-15(20)2)22(12-31-13-22)32-11-16-7-17(23(25,26)27)9-18(24)8-16/h6-10,14H,5,11-13H2,1-4H3. The van der Waals surface area contributed by atoms with Crippen LogP contribution in [0.3, 0.4) is 0 Å². The van der Waals surface area contributed by atoms with Gasteiger partial charge in [-0.2, -0.15) is 13.2 Å². The molecule has 0 unspecified atom stereocenters. The lowest BCUT2D eigenvalue weighted by Crippen LogP contribution is -2.49. The SMILES string of the molecule is CCN(C)C=Nc1cc(OC)c(C2(OCc3cc(F)cc(C(F)(F)F)c3)COC2)cc1C. The third-order valence-electron chi connectivity index (χ3n) is 5.37. The highest BCUT2D eigenvalue weighted by Crippen LogP contribution is 2.42. The van der Waals surface area contributed by atoms with Gasteiger partial charge in [0.1, 0.15) is 17.2 Å². The smallest absolute Gasteiger partial charge is 0.416 e. The molecule has 2 aromatic carbocycles. The maximum atomic E-state index is 13.8. The first kappa shape index (κ1) is 24.0. The van der Waals surface area contributed by atoms with Crippen molar-refractivity contribution >= 4 is 12.0 Å². The zero-order valence-electron chi connectivity index (χ0n) is 18.4. The van der Waals surface area contributed by atoms with E-state index in [-0.39, 0.29) is 25.4 Å². The van der Waals surface area contributed by atoms with Gasteiger partial charge < -0.3 is 19.1 Å². The van der Waals surface area contributed by atoms with Crippen molar-refractivity contribution in [2.75, 3.05) is 33.9 Å². The molecule has 9 heteroatoms. The Kier molecular flexibility index (Phi) is 7.09. The monoisotopic (exact) mass is 454 g/mol. The van der Waals surface area contributed by atoms with Crippen LogP contribution in [-0.4, -0.2) is 45.2 Å². The van der Waals surface area contributed by atoms with Gasteiger partial charge in [0.25, 0.3) is 0 Å². The predicted molar refractivity (Wildman–Crippen MR) is 113 cm³/mol. The minimum Gasteiger partial charge on any atom is -0.496 e. The third-order valence-corrected chi connectivity index (χ3v) is 5.37. The van der Waals surface area contributed by atoms with E-state index in [1.54, 1.807) is 12.4 Å². The van der Waals surface area contributed by atoms with Crippen LogP contribution < -0.4 is 4.74 Å². The molecular weight excluding hydrogens is 428 g/mol. The Balaban J connectivity index is 1.88. The summed E-state index contributed by atoms with van der Waals surface area (Å²) in [5.74, 6) is -0.439. The molecule has 0 bridgehead atoms. The van der Waals surface area contributed by atoms with Crippen molar-refractivity contribution < 1.29 is 31.8 Å². The van der Waals surface area contributed by atoms with Crippen LogP contribution >= 0.6 is 0 Å². The molecule has 1 aliphatic rings. The average molecular weight is 454 g/mol. The van der Waals surface area contributed by atoms with Gasteiger partial charge in [0.15, 0.2) is 0 Å². The van der Waals surface area contributed by atoms with Crippen molar-refractivity contribution in [3.8, 4) is 5.75 Å². The molecule has 0 amide bonds. The predicted octanol–water partition coefficient (Wildman–Crippen LogP) is 5.22. The van der Waals surface area contributed by atoms with E-state index in [2.05, 4.69) is 4.99 Å². The van der Waals surface area contributed by atoms with Gasteiger partial charge in [-0.1, -0.05) is 0 Å². The lowest BCUT2D eigenvalue weighted by atomic mass is 9.89. The number of ether oxygens (including phenoxy) is 3. The second-order valence-corrected chi connectivity index (χ2v) is 7.78. The number of benzene rings is 2. The molecular formula is C23H26F4N2O3. The van der Waals surface area contributed by atoms with Gasteiger partial charge >= 0.3 is 6.18 Å². The fourth-order valence-corrected chi connectivity index (χ4v) is 3.31. The average Bonchev–Trinajstić information content (AvgIpc) is 2.71. The van der Waals surface area contributed by atoms with Crippen LogP contribution in [0.25, 0.3) is 0 Å². The van der Waals surface area contributed by atoms with Crippen molar-refractivity contribution in [2.24, 2.45) is 4.99 Å². The number of halogens is 4. The Morgan fingerprint density at radius 2 is 1.91 bits per heavy atom. The summed E-state index contributed by atoms with van der Waals surface area (Å²) in [5, 5.41) is 0. The summed E-state index contributed by atoms with van der Waals surface area (Å²) in [7, 11) is 3.44. The van der Waals surface area contributed by atoms with Crippen LogP contribution in [0.15, 0.2) is 35.3 Å². The van der Waals surface area contributed by atoms with Gasteiger partial charge in [-0.3, -0.25) is 0 Å². The zero-order valence-corrected chi connectivity index (χ0v) is 18.4. The number of hydrogen-bond acceptors (Lipinski definition) is 4. The van der Waals surface area contributed by atoms with Gasteiger partial charge in [0.05, 0.1) is 44.5 Å². The number of aryl methyl sites for hydroxylation is 1. The van der Waals surface area contributed by atoms with Crippen molar-refractivity contribution in [1.82, 2.24) is 4.90 Å². The van der Waals surface area contributed by atoms with E-state index < -0.39 is 23.2 Å². The molecule has 0 saturated carbocycles. The Hall–Kier alpha value is -2.65. The Morgan fingerprint density at radius 1 is 1.19 bits per heavy atom. The molecule has 0 spiro atoms. The fraction of sp³-hybridized carbons (Fsp3) is 0.435. The highest BCUT2D eigenvalue weighted by Gasteiger charge is 2.44. The van der Waals surface area contributed by atoms with Gasteiger partial charge in [-0.15, -0.1) is 0 Å². The normalized spacial score (nSPS) is 15.6. The summed E-state index contributed by atoms with van der Waals surface area (Å²) in [6, 6.07) is 6.06. The summed E-state index contributed by atoms with van der Waals surface area (Å²) in [5.41, 5.74) is 0.427. The van der Waals surface area contributed by atoms with Crippen molar-refractivity contribution in [2.45, 2.75) is 32.2 Å². The third kappa shape index (κ3) is 5.21. The van der Waals surface area contributed by atoms with Gasteiger partial charge in [-0.25, -0.2) is 9.38 Å². The topological polar surface area (TPSA) is 43.3 Å². The molecule has 32 heavy (non-hydrogen) atoms. The number of hydrogen-bond donors (Lipinski definition) is 0. The van der Waals surface area contributed by atoms with Crippen molar-refractivity contribution in [3.63, 3.8) is 0 Å². The molecule has 1 heterocycles. The Labute approximate surface area is 184 Å². The molecule has 0 N–H and O–H groups in total. The Morgan fingerprint density at radius 3 is 2.47 bits per heavy atom. The highest BCUT2D eigenvalue weighted by atomic mass is 19.4. The van der Waals surface area contributed by atoms with E-state index in [1.165, 1.54) is 7.11 Å². The van der Waals surface area contributed by atoms with E-state index in [1.807, 2.05) is 31.9 Å². The van der Waals surface area contributed by atoms with E-state index in [0.29, 0.717) is 17.4 Å². The summed E-state index contributed by atoms with van der Waals surface area (Å²) in [6.07, 6.45) is -2.92. The summed E-state index contributed by atoms with van der Waals surface area (Å²) in [4.78, 5) is 6.42. The van der Waals surface area contributed by atoms with Crippen LogP contribution in [0, 0.1) is 12.7 Å². The second-order valence-electron chi connectivity index (χ2n) is 7.78. The first-order valence-electron chi connectivity index (χ1n) is 10.1. The molecule has 5 nitrogen and oxygen atoms in total. The van der Waals surface area contributed by atoms with Crippen molar-refractivity contribution in [1.29, 1.82) is 0 Å². The minimum atomic E-state index is -4.64. The van der Waals surface area contributed by atoms with Gasteiger partial charge in [0.2, 0.25) is 0 Å². The van der Waals surface area contributed by atoms with E-state index in [4.69, 9.17) is 14.2 Å². The number of nitrogens with zero attached hydrogens (tertiary/aromatic N) is 2. The lowest BCUT2D eigenvalue weighted by Gasteiger charge is -2.42. The van der Waals surface area contributed by atoms with E-state index >= 15 is 0 Å². The molecule has 1 aliphatic heterocycles. The molecule has 1 fully saturated rings. The second kappa shape index (κ2) is 9.46. The highest BCUT2D eigenvalue weighted by molar-refractivity contribution is 5.65. The van der Waals surface area contributed by atoms with Crippen LogP contribution in [0.4, 0.5) is 23.2 Å². The van der Waals surface area contributed by atoms with Gasteiger partial charge in [0, 0.05) is 25.2 Å². The summed E-state index contributed by atoms with van der Waals surface area (Å²) in [6.45, 7) is 4.90. The quantitative estimate of drug-likeness (QED) is 0.312. The molecule has 2 aromatic rings. The van der Waals surface area contributed by atoms with Crippen LogP contribution in [0.2, 0.25) is 0 Å². The Bertz CT molecular complexity index is 988. The van der Waals surface area contributed by atoms with E-state index in [0.717, 1.165) is 29.9 Å². The molecule has 3 rings (SSSR count). The number of alkyl halides is 3. The maximum Gasteiger partial charge on any atom is 0.416 e. The van der Waals surface area contributed by atoms with Crippen LogP contribution in [0.1, 0.15) is 29.2 Å². The molecule has 0 aliphatic carbocycles. The lowest BCUT2D eigenvalue weighted by molar-refractivity contribution is -0.223. The molecule has 0 radical (unpaired) electrons. The largest absolute Gasteiger partial charge is 0.496 e. The van der Waals surface area contributed by atoms with Gasteiger partial charge in [-0.05, 0) is 49.2 Å². The zero-order chi connectivity index (χ0) is 23.5. The first-order valence-corrected chi connectivity index (χ1v) is 10.1. The minimum absolute atomic E-state index is 0.0862. The molecule has 0 atom stereocenters. The molecule has 174 valence electrons. The summed E-state index contributed by atoms with van der Waals surface area (Å²) < 4.78 is 69.8. The summed E-state index contributed by atoms with van der Waals surface area (Å²) >= 11 is 0. The maximum absolute atomic E-state index is 13.8. The van der Waals surface area contributed by atoms with E-state index in [9.17, 15) is 17.6 Å². The number of aliphatic imine (C=N–C) groups is 1. The molecule has 1 saturated heterocycles. The first-order chi connectivity index (χ1) is 15.1. The van der Waals surface area contributed by atoms with Crippen LogP contribution in [-0.2, 0) is 27.9 Å². The number of rotatable bonds is 8. The van der Waals surface area contributed by atoms with Crippen molar-refractivity contribution in [3.05, 3.63) is 58.4 Å². The molecule has 0 aromatic heterocycles. The van der Waals surface area contributed by atoms with Crippen LogP contribution in [0.5, 0.6) is 5.75 Å². The fourth-order valence-electron chi connectivity index (χ4n) is 3.31.